The number of carbonyl (C=O) groups is 1. The minimum atomic E-state index is 0.0396. The average molecular weight is 250 g/mol. The molecule has 2 aromatic heterocycles. The first-order valence-electron chi connectivity index (χ1n) is 5.51. The van der Waals surface area contributed by atoms with Crippen LogP contribution in [0.3, 0.4) is 0 Å². The summed E-state index contributed by atoms with van der Waals surface area (Å²) in [4.78, 5) is 18.5. The molecule has 2 heterocycles. The summed E-state index contributed by atoms with van der Waals surface area (Å²) in [5, 5.41) is 2.77. The van der Waals surface area contributed by atoms with Gasteiger partial charge in [-0.15, -0.1) is 0 Å². The predicted molar refractivity (Wildman–Crippen MR) is 68.2 cm³/mol. The maximum Gasteiger partial charge on any atom is 0.221 e. The molecule has 90 valence electrons. The second kappa shape index (κ2) is 5.09. The van der Waals surface area contributed by atoms with Crippen molar-refractivity contribution < 1.29 is 4.79 Å². The number of rotatable bonds is 4. The van der Waals surface area contributed by atoms with E-state index in [2.05, 4.69) is 15.3 Å². The molecule has 1 amide bonds. The van der Waals surface area contributed by atoms with E-state index in [1.807, 2.05) is 17.6 Å². The third-order valence-corrected chi connectivity index (χ3v) is 2.83. The first-order chi connectivity index (χ1) is 8.22. The van der Waals surface area contributed by atoms with Crippen molar-refractivity contribution in [3.63, 3.8) is 0 Å². The van der Waals surface area contributed by atoms with Crippen molar-refractivity contribution in [3.8, 4) is 0 Å². The molecule has 6 heteroatoms. The Bertz CT molecular complexity index is 586. The van der Waals surface area contributed by atoms with Crippen LogP contribution >= 0.6 is 12.2 Å². The topological polar surface area (TPSA) is 62.7 Å². The minimum Gasteiger partial charge on any atom is -0.356 e. The molecular weight excluding hydrogens is 236 g/mol. The summed E-state index contributed by atoms with van der Waals surface area (Å²) in [6.07, 6.45) is 3.87. The third kappa shape index (κ3) is 2.52. The quantitative estimate of drug-likeness (QED) is 0.811. The van der Waals surface area contributed by atoms with Gasteiger partial charge in [-0.25, -0.2) is 0 Å². The Morgan fingerprint density at radius 1 is 1.65 bits per heavy atom. The van der Waals surface area contributed by atoms with Crippen LogP contribution in [0.15, 0.2) is 18.5 Å². The Kier molecular flexibility index (Phi) is 3.53. The SMILES string of the molecule is CCNC(=O)CCn1c(=S)[nH]c2cnccc21. The molecule has 5 nitrogen and oxygen atoms in total. The molecule has 0 aliphatic rings. The number of hydrogen-bond donors (Lipinski definition) is 2. The molecule has 2 N–H and O–H groups in total. The van der Waals surface area contributed by atoms with Crippen molar-refractivity contribution in [2.24, 2.45) is 0 Å². The second-order valence-electron chi connectivity index (χ2n) is 3.68. The van der Waals surface area contributed by atoms with E-state index in [0.29, 0.717) is 24.3 Å². The van der Waals surface area contributed by atoms with Gasteiger partial charge < -0.3 is 14.9 Å². The number of nitrogens with zero attached hydrogens (tertiary/aromatic N) is 2. The van der Waals surface area contributed by atoms with E-state index in [-0.39, 0.29) is 5.91 Å². The number of aromatic amines is 1. The number of carbonyl (C=O) groups excluding carboxylic acids is 1. The van der Waals surface area contributed by atoms with E-state index in [0.717, 1.165) is 11.0 Å². The van der Waals surface area contributed by atoms with Crippen molar-refractivity contribution in [1.29, 1.82) is 0 Å². The Balaban J connectivity index is 2.21. The molecule has 0 aliphatic carbocycles. The van der Waals surface area contributed by atoms with Crippen LogP contribution in [0.5, 0.6) is 0 Å². The third-order valence-electron chi connectivity index (χ3n) is 2.51. The van der Waals surface area contributed by atoms with Crippen LogP contribution < -0.4 is 5.32 Å². The van der Waals surface area contributed by atoms with E-state index >= 15 is 0 Å². The molecular formula is C11H14N4OS. The van der Waals surface area contributed by atoms with Gasteiger partial charge in [0.1, 0.15) is 0 Å². The summed E-state index contributed by atoms with van der Waals surface area (Å²) in [6.45, 7) is 3.14. The number of imidazole rings is 1. The lowest BCUT2D eigenvalue weighted by atomic mass is 10.3. The fourth-order valence-electron chi connectivity index (χ4n) is 1.73. The first kappa shape index (κ1) is 11.8. The number of aryl methyl sites for hydroxylation is 1. The van der Waals surface area contributed by atoms with Gasteiger partial charge in [0, 0.05) is 25.7 Å². The van der Waals surface area contributed by atoms with Crippen molar-refractivity contribution in [2.45, 2.75) is 19.9 Å². The van der Waals surface area contributed by atoms with Gasteiger partial charge in [0.15, 0.2) is 4.77 Å². The highest BCUT2D eigenvalue weighted by atomic mass is 32.1. The molecule has 2 rings (SSSR count). The van der Waals surface area contributed by atoms with Crippen LogP contribution in [0.25, 0.3) is 11.0 Å². The van der Waals surface area contributed by atoms with Gasteiger partial charge in [-0.1, -0.05) is 0 Å². The van der Waals surface area contributed by atoms with Crippen LogP contribution in [-0.4, -0.2) is 27.0 Å². The molecule has 2 aromatic rings. The fraction of sp³-hybridized carbons (Fsp3) is 0.364. The Morgan fingerprint density at radius 3 is 3.24 bits per heavy atom. The average Bonchev–Trinajstić information content (AvgIpc) is 2.62. The number of H-pyrrole nitrogens is 1. The molecule has 0 aromatic carbocycles. The summed E-state index contributed by atoms with van der Waals surface area (Å²) in [5.41, 5.74) is 1.88. The maximum atomic E-state index is 11.4. The molecule has 0 saturated carbocycles. The Labute approximate surface area is 104 Å². The minimum absolute atomic E-state index is 0.0396. The molecule has 0 spiro atoms. The second-order valence-corrected chi connectivity index (χ2v) is 4.06. The largest absolute Gasteiger partial charge is 0.356 e. The van der Waals surface area contributed by atoms with Crippen molar-refractivity contribution >= 4 is 29.2 Å². The van der Waals surface area contributed by atoms with E-state index in [9.17, 15) is 4.79 Å². The summed E-state index contributed by atoms with van der Waals surface area (Å²) < 4.78 is 2.54. The maximum absolute atomic E-state index is 11.4. The number of hydrogen-bond acceptors (Lipinski definition) is 3. The molecule has 0 bridgehead atoms. The van der Waals surface area contributed by atoms with E-state index in [1.54, 1.807) is 12.4 Å². The number of aromatic nitrogens is 3. The standard InChI is InChI=1S/C11H14N4OS/c1-2-13-10(16)4-6-15-9-3-5-12-7-8(9)14-11(15)17/h3,5,7H,2,4,6H2,1H3,(H,13,16)(H,14,17). The molecule has 17 heavy (non-hydrogen) atoms. The summed E-state index contributed by atoms with van der Waals surface area (Å²) in [7, 11) is 0. The van der Waals surface area contributed by atoms with Crippen molar-refractivity contribution in [3.05, 3.63) is 23.2 Å². The summed E-state index contributed by atoms with van der Waals surface area (Å²) >= 11 is 5.22. The molecule has 0 unspecified atom stereocenters. The normalized spacial score (nSPS) is 10.6. The van der Waals surface area contributed by atoms with Gasteiger partial charge in [-0.3, -0.25) is 9.78 Å². The van der Waals surface area contributed by atoms with Gasteiger partial charge in [0.2, 0.25) is 5.91 Å². The lowest BCUT2D eigenvalue weighted by Crippen LogP contribution is -2.23. The molecule has 0 fully saturated rings. The Hall–Kier alpha value is -1.69. The number of amides is 1. The van der Waals surface area contributed by atoms with E-state index in [1.165, 1.54) is 0 Å². The lowest BCUT2D eigenvalue weighted by molar-refractivity contribution is -0.121. The van der Waals surface area contributed by atoms with Gasteiger partial charge in [-0.05, 0) is 25.2 Å². The van der Waals surface area contributed by atoms with Crippen molar-refractivity contribution in [2.75, 3.05) is 6.54 Å². The summed E-state index contributed by atoms with van der Waals surface area (Å²) in [5.74, 6) is 0.0396. The van der Waals surface area contributed by atoms with E-state index in [4.69, 9.17) is 12.2 Å². The first-order valence-corrected chi connectivity index (χ1v) is 5.92. The zero-order valence-corrected chi connectivity index (χ0v) is 10.4. The highest BCUT2D eigenvalue weighted by molar-refractivity contribution is 7.71. The monoisotopic (exact) mass is 250 g/mol. The van der Waals surface area contributed by atoms with Crippen LogP contribution in [0, 0.1) is 4.77 Å². The smallest absolute Gasteiger partial charge is 0.221 e. The molecule has 0 saturated heterocycles. The number of nitrogens with one attached hydrogen (secondary N) is 2. The van der Waals surface area contributed by atoms with Crippen LogP contribution in [0.4, 0.5) is 0 Å². The summed E-state index contributed by atoms with van der Waals surface area (Å²) in [6, 6.07) is 1.89. The van der Waals surface area contributed by atoms with Crippen LogP contribution in [0.2, 0.25) is 0 Å². The van der Waals surface area contributed by atoms with Crippen molar-refractivity contribution in [1.82, 2.24) is 19.9 Å². The lowest BCUT2D eigenvalue weighted by Gasteiger charge is -2.04. The van der Waals surface area contributed by atoms with Gasteiger partial charge >= 0.3 is 0 Å². The van der Waals surface area contributed by atoms with Crippen LogP contribution in [0.1, 0.15) is 13.3 Å². The molecule has 0 radical (unpaired) electrons. The highest BCUT2D eigenvalue weighted by Gasteiger charge is 2.06. The number of pyridine rings is 1. The van der Waals surface area contributed by atoms with Gasteiger partial charge in [-0.2, -0.15) is 0 Å². The molecule has 0 atom stereocenters. The van der Waals surface area contributed by atoms with Crippen LogP contribution in [-0.2, 0) is 11.3 Å². The number of fused-ring (bicyclic) bond motifs is 1. The predicted octanol–water partition coefficient (Wildman–Crippen LogP) is 1.62. The highest BCUT2D eigenvalue weighted by Crippen LogP contribution is 2.12. The van der Waals surface area contributed by atoms with Gasteiger partial charge in [0.25, 0.3) is 0 Å². The Morgan fingerprint density at radius 2 is 2.47 bits per heavy atom. The fourth-order valence-corrected chi connectivity index (χ4v) is 2.03. The van der Waals surface area contributed by atoms with E-state index < -0.39 is 0 Å². The zero-order valence-electron chi connectivity index (χ0n) is 9.56. The molecule has 0 aliphatic heterocycles. The zero-order chi connectivity index (χ0) is 12.3. The van der Waals surface area contributed by atoms with Gasteiger partial charge in [0.05, 0.1) is 17.2 Å².